The van der Waals surface area contributed by atoms with Crippen LogP contribution in [-0.2, 0) is 11.8 Å². The number of pyridine rings is 1. The van der Waals surface area contributed by atoms with Crippen molar-refractivity contribution in [2.24, 2.45) is 7.05 Å². The molecule has 10 heteroatoms. The molecule has 1 aromatic carbocycles. The van der Waals surface area contributed by atoms with E-state index in [0.717, 1.165) is 0 Å². The van der Waals surface area contributed by atoms with Crippen LogP contribution in [0.25, 0.3) is 11.5 Å². The van der Waals surface area contributed by atoms with Crippen molar-refractivity contribution in [1.82, 2.24) is 19.7 Å². The van der Waals surface area contributed by atoms with Gasteiger partial charge in [-0.25, -0.2) is 0 Å². The zero-order valence-corrected chi connectivity index (χ0v) is 17.0. The quantitative estimate of drug-likeness (QED) is 0.587. The normalized spacial score (nSPS) is 10.6. The van der Waals surface area contributed by atoms with Crippen molar-refractivity contribution >= 4 is 35.0 Å². The van der Waals surface area contributed by atoms with E-state index in [9.17, 15) is 4.79 Å². The molecule has 0 radical (unpaired) electrons. The van der Waals surface area contributed by atoms with Gasteiger partial charge < -0.3 is 19.4 Å². The summed E-state index contributed by atoms with van der Waals surface area (Å²) in [6, 6.07) is 8.77. The lowest BCUT2D eigenvalue weighted by Gasteiger charge is -2.13. The third-order valence-electron chi connectivity index (χ3n) is 3.81. The summed E-state index contributed by atoms with van der Waals surface area (Å²) in [5, 5.41) is 12.1. The molecular weight excluding hydrogens is 402 g/mol. The second kappa shape index (κ2) is 8.94. The van der Waals surface area contributed by atoms with Gasteiger partial charge in [0, 0.05) is 25.4 Å². The Kier molecular flexibility index (Phi) is 6.37. The Morgan fingerprint density at radius 2 is 2.00 bits per heavy atom. The Balaban J connectivity index is 1.68. The van der Waals surface area contributed by atoms with Crippen LogP contribution >= 0.6 is 23.4 Å². The number of amides is 1. The highest BCUT2D eigenvalue weighted by Gasteiger charge is 2.16. The van der Waals surface area contributed by atoms with Crippen LogP contribution in [-0.4, -0.2) is 45.6 Å². The first-order valence-corrected chi connectivity index (χ1v) is 9.54. The molecule has 0 spiro atoms. The number of ether oxygens (including phenoxy) is 2. The van der Waals surface area contributed by atoms with Gasteiger partial charge >= 0.3 is 0 Å². The highest BCUT2D eigenvalue weighted by atomic mass is 35.5. The summed E-state index contributed by atoms with van der Waals surface area (Å²) in [6.07, 6.45) is 1.69. The van der Waals surface area contributed by atoms with Crippen LogP contribution in [0.15, 0.2) is 41.7 Å². The fourth-order valence-corrected chi connectivity index (χ4v) is 3.38. The van der Waals surface area contributed by atoms with Crippen molar-refractivity contribution in [3.05, 3.63) is 41.6 Å². The number of halogens is 1. The summed E-state index contributed by atoms with van der Waals surface area (Å²) < 4.78 is 12.2. The van der Waals surface area contributed by atoms with Gasteiger partial charge in [0.15, 0.2) is 11.0 Å². The number of hydrogen-bond donors (Lipinski definition) is 1. The van der Waals surface area contributed by atoms with Crippen LogP contribution in [0, 0.1) is 0 Å². The first kappa shape index (κ1) is 20.0. The molecule has 0 aliphatic heterocycles. The minimum Gasteiger partial charge on any atom is -0.495 e. The molecule has 3 aromatic rings. The van der Waals surface area contributed by atoms with Gasteiger partial charge in [0.1, 0.15) is 17.2 Å². The van der Waals surface area contributed by atoms with E-state index in [1.165, 1.54) is 26.0 Å². The smallest absolute Gasteiger partial charge is 0.234 e. The van der Waals surface area contributed by atoms with Gasteiger partial charge in [0.2, 0.25) is 5.91 Å². The number of nitrogens with zero attached hydrogens (tertiary/aromatic N) is 4. The van der Waals surface area contributed by atoms with E-state index in [0.29, 0.717) is 38.9 Å². The van der Waals surface area contributed by atoms with E-state index in [1.54, 1.807) is 22.9 Å². The number of benzene rings is 1. The average molecular weight is 420 g/mol. The SMILES string of the molecule is COc1cc(NC(=O)CSc2nnc(-c3ccccn3)n2C)c(OC)cc1Cl. The number of thioether (sulfide) groups is 1. The molecule has 8 nitrogen and oxygen atoms in total. The molecule has 1 N–H and O–H groups in total. The Morgan fingerprint density at radius 1 is 1.21 bits per heavy atom. The summed E-state index contributed by atoms with van der Waals surface area (Å²) >= 11 is 7.35. The Bertz CT molecular complexity index is 981. The number of nitrogens with one attached hydrogen (secondary N) is 1. The van der Waals surface area contributed by atoms with Crippen molar-refractivity contribution in [3.8, 4) is 23.0 Å². The minimum absolute atomic E-state index is 0.141. The summed E-state index contributed by atoms with van der Waals surface area (Å²) in [6.45, 7) is 0. The lowest BCUT2D eigenvalue weighted by atomic mass is 10.2. The first-order chi connectivity index (χ1) is 13.5. The van der Waals surface area contributed by atoms with E-state index in [-0.39, 0.29) is 11.7 Å². The van der Waals surface area contributed by atoms with Crippen molar-refractivity contribution in [3.63, 3.8) is 0 Å². The molecule has 0 unspecified atom stereocenters. The molecule has 0 aliphatic rings. The fraction of sp³-hybridized carbons (Fsp3) is 0.222. The van der Waals surface area contributed by atoms with E-state index in [2.05, 4.69) is 20.5 Å². The van der Waals surface area contributed by atoms with Crippen molar-refractivity contribution in [2.45, 2.75) is 5.16 Å². The maximum atomic E-state index is 12.4. The Morgan fingerprint density at radius 3 is 2.68 bits per heavy atom. The van der Waals surface area contributed by atoms with Gasteiger partial charge in [-0.05, 0) is 12.1 Å². The molecule has 146 valence electrons. The summed E-state index contributed by atoms with van der Waals surface area (Å²) in [7, 11) is 4.83. The van der Waals surface area contributed by atoms with Crippen molar-refractivity contribution in [1.29, 1.82) is 0 Å². The van der Waals surface area contributed by atoms with E-state index < -0.39 is 0 Å². The van der Waals surface area contributed by atoms with Gasteiger partial charge in [-0.3, -0.25) is 9.78 Å². The third kappa shape index (κ3) is 4.37. The number of methoxy groups -OCH3 is 2. The van der Waals surface area contributed by atoms with Crippen LogP contribution < -0.4 is 14.8 Å². The monoisotopic (exact) mass is 419 g/mol. The summed E-state index contributed by atoms with van der Waals surface area (Å²) in [4.78, 5) is 16.7. The minimum atomic E-state index is -0.227. The van der Waals surface area contributed by atoms with Crippen LogP contribution in [0.1, 0.15) is 0 Å². The first-order valence-electron chi connectivity index (χ1n) is 8.18. The number of hydrogen-bond acceptors (Lipinski definition) is 7. The van der Waals surface area contributed by atoms with Crippen LogP contribution in [0.3, 0.4) is 0 Å². The van der Waals surface area contributed by atoms with Gasteiger partial charge in [-0.2, -0.15) is 0 Å². The molecule has 3 rings (SSSR count). The largest absolute Gasteiger partial charge is 0.495 e. The highest BCUT2D eigenvalue weighted by molar-refractivity contribution is 7.99. The molecule has 28 heavy (non-hydrogen) atoms. The van der Waals surface area contributed by atoms with Gasteiger partial charge in [0.05, 0.1) is 30.7 Å². The molecule has 0 fully saturated rings. The van der Waals surface area contributed by atoms with Gasteiger partial charge in [-0.15, -0.1) is 10.2 Å². The number of rotatable bonds is 7. The predicted octanol–water partition coefficient (Wildman–Crippen LogP) is 3.28. The molecule has 0 aliphatic carbocycles. The van der Waals surface area contributed by atoms with Crippen molar-refractivity contribution in [2.75, 3.05) is 25.3 Å². The second-order valence-corrected chi connectivity index (χ2v) is 6.95. The highest BCUT2D eigenvalue weighted by Crippen LogP contribution is 2.36. The Labute approximate surface area is 171 Å². The predicted molar refractivity (Wildman–Crippen MR) is 108 cm³/mol. The van der Waals surface area contributed by atoms with E-state index in [4.69, 9.17) is 21.1 Å². The van der Waals surface area contributed by atoms with Crippen LogP contribution in [0.4, 0.5) is 5.69 Å². The zero-order valence-electron chi connectivity index (χ0n) is 15.5. The molecule has 0 saturated heterocycles. The van der Waals surface area contributed by atoms with Gasteiger partial charge in [0.25, 0.3) is 0 Å². The Hall–Kier alpha value is -2.78. The topological polar surface area (TPSA) is 91.2 Å². The lowest BCUT2D eigenvalue weighted by molar-refractivity contribution is -0.113. The molecule has 2 aromatic heterocycles. The average Bonchev–Trinajstić information content (AvgIpc) is 3.08. The zero-order chi connectivity index (χ0) is 20.1. The third-order valence-corrected chi connectivity index (χ3v) is 5.12. The lowest BCUT2D eigenvalue weighted by Crippen LogP contribution is -2.15. The molecule has 0 bridgehead atoms. The fourth-order valence-electron chi connectivity index (χ4n) is 2.43. The molecule has 0 saturated carbocycles. The summed E-state index contributed by atoms with van der Waals surface area (Å²) in [5.74, 6) is 1.43. The standard InChI is InChI=1S/C18H18ClN5O3S/c1-24-17(12-6-4-5-7-20-12)22-23-18(24)28-10-16(25)21-13-9-14(26-2)11(19)8-15(13)27-3/h4-9H,10H2,1-3H3,(H,21,25). The van der Waals surface area contributed by atoms with Crippen LogP contribution in [0.5, 0.6) is 11.5 Å². The molecule has 2 heterocycles. The maximum Gasteiger partial charge on any atom is 0.234 e. The molecule has 0 atom stereocenters. The van der Waals surface area contributed by atoms with Crippen molar-refractivity contribution < 1.29 is 14.3 Å². The molecular formula is C18H18ClN5O3S. The number of carbonyl (C=O) groups is 1. The van der Waals surface area contributed by atoms with E-state index >= 15 is 0 Å². The number of aromatic nitrogens is 4. The maximum absolute atomic E-state index is 12.4. The van der Waals surface area contributed by atoms with Gasteiger partial charge in [-0.1, -0.05) is 29.4 Å². The van der Waals surface area contributed by atoms with E-state index in [1.807, 2.05) is 25.2 Å². The van der Waals surface area contributed by atoms with Crippen LogP contribution in [0.2, 0.25) is 5.02 Å². The number of anilines is 1. The number of carbonyl (C=O) groups excluding carboxylic acids is 1. The molecule has 1 amide bonds. The second-order valence-electron chi connectivity index (χ2n) is 5.60. The summed E-state index contributed by atoms with van der Waals surface area (Å²) in [5.41, 5.74) is 1.19.